The average Bonchev–Trinajstić information content (AvgIpc) is 1.95. The van der Waals surface area contributed by atoms with E-state index in [-0.39, 0.29) is 0 Å². The molecule has 0 unspecified atom stereocenters. The Balaban J connectivity index is 5.73. The predicted molar refractivity (Wildman–Crippen MR) is 48.6 cm³/mol. The molecule has 0 rings (SSSR count). The zero-order valence-electron chi connectivity index (χ0n) is 7.79. The largest absolute Gasteiger partial charge is 0.481 e. The topological polar surface area (TPSA) is 187 Å². The van der Waals surface area contributed by atoms with Crippen LogP contribution >= 0.6 is 0 Å². The summed E-state index contributed by atoms with van der Waals surface area (Å²) in [5.74, 6) is -4.03. The van der Waals surface area contributed by atoms with Gasteiger partial charge in [-0.1, -0.05) is 0 Å². The van der Waals surface area contributed by atoms with Gasteiger partial charge in [-0.15, -0.1) is 0 Å². The first-order valence-electron chi connectivity index (χ1n) is 3.56. The highest BCUT2D eigenvalue weighted by molar-refractivity contribution is 7.98. The number of hydrogen-bond acceptors (Lipinski definition) is 6. The van der Waals surface area contributed by atoms with Gasteiger partial charge in [-0.05, 0) is 3.71 Å². The smallest absolute Gasteiger partial charge is 0.351 e. The van der Waals surface area contributed by atoms with E-state index in [1.54, 1.807) is 0 Å². The molecule has 0 fully saturated rings. The van der Waals surface area contributed by atoms with Gasteiger partial charge < -0.3 is 10.2 Å². The first kappa shape index (κ1) is 15.7. The third kappa shape index (κ3) is 4.61. The van der Waals surface area contributed by atoms with Gasteiger partial charge >= 0.3 is 32.5 Å². The molecule has 0 spiro atoms. The molecule has 0 saturated heterocycles. The highest BCUT2D eigenvalue weighted by Crippen LogP contribution is 2.14. The molecule has 0 aliphatic carbocycles. The molecule has 11 nitrogen and oxygen atoms in total. The molecule has 100 valence electrons. The van der Waals surface area contributed by atoms with Gasteiger partial charge in [0, 0.05) is 0 Å². The Morgan fingerprint density at radius 3 is 1.53 bits per heavy atom. The fraction of sp³-hybridized carbons (Fsp3) is 0.500. The van der Waals surface area contributed by atoms with E-state index in [4.69, 9.17) is 19.3 Å². The van der Waals surface area contributed by atoms with Crippen LogP contribution in [-0.2, 0) is 30.2 Å². The molecule has 17 heavy (non-hydrogen) atoms. The maximum atomic E-state index is 10.6. The summed E-state index contributed by atoms with van der Waals surface area (Å²) in [5, 5.41) is 16.7. The maximum Gasteiger partial charge on any atom is 0.351 e. The van der Waals surface area contributed by atoms with Crippen molar-refractivity contribution in [3.05, 3.63) is 0 Å². The lowest BCUT2D eigenvalue weighted by Crippen LogP contribution is -2.48. The number of carboxylic acids is 2. The lowest BCUT2D eigenvalue weighted by Gasteiger charge is -2.20. The Morgan fingerprint density at radius 2 is 1.35 bits per heavy atom. The van der Waals surface area contributed by atoms with Crippen molar-refractivity contribution in [3.8, 4) is 0 Å². The first-order valence-corrected chi connectivity index (χ1v) is 6.36. The molecule has 0 radical (unpaired) electrons. The van der Waals surface area contributed by atoms with E-state index in [0.717, 1.165) is 0 Å². The Hall–Kier alpha value is -1.28. The molecular formula is C4H7NO10S2. The highest BCUT2D eigenvalue weighted by Gasteiger charge is 2.43. The molecule has 0 saturated carbocycles. The van der Waals surface area contributed by atoms with Crippen LogP contribution in [0.1, 0.15) is 6.42 Å². The molecule has 0 aliphatic heterocycles. The fourth-order valence-electron chi connectivity index (χ4n) is 0.858. The quantitative estimate of drug-likeness (QED) is 0.392. The lowest BCUT2D eigenvalue weighted by molar-refractivity contribution is -0.146. The van der Waals surface area contributed by atoms with Crippen LogP contribution in [0.3, 0.4) is 0 Å². The summed E-state index contributed by atoms with van der Waals surface area (Å²) in [7, 11) is -11.3. The average molecular weight is 293 g/mol. The van der Waals surface area contributed by atoms with E-state index in [0.29, 0.717) is 0 Å². The molecule has 0 aromatic carbocycles. The number of nitrogens with zero attached hydrogens (tertiary/aromatic N) is 1. The van der Waals surface area contributed by atoms with Crippen LogP contribution in [-0.4, -0.2) is 57.8 Å². The van der Waals surface area contributed by atoms with Crippen molar-refractivity contribution >= 4 is 32.5 Å². The van der Waals surface area contributed by atoms with Crippen molar-refractivity contribution in [2.24, 2.45) is 0 Å². The summed E-state index contributed by atoms with van der Waals surface area (Å²) >= 11 is 0. The maximum absolute atomic E-state index is 10.6. The van der Waals surface area contributed by atoms with Gasteiger partial charge in [-0.25, -0.2) is 0 Å². The van der Waals surface area contributed by atoms with Gasteiger partial charge in [-0.3, -0.25) is 18.7 Å². The fourth-order valence-corrected chi connectivity index (χ4v) is 2.78. The van der Waals surface area contributed by atoms with E-state index in [1.807, 2.05) is 0 Å². The normalized spacial score (nSPS) is 14.5. The van der Waals surface area contributed by atoms with E-state index in [2.05, 4.69) is 0 Å². The summed E-state index contributed by atoms with van der Waals surface area (Å²) < 4.78 is 58.1. The van der Waals surface area contributed by atoms with Crippen LogP contribution in [0, 0.1) is 0 Å². The van der Waals surface area contributed by atoms with Crippen molar-refractivity contribution in [3.63, 3.8) is 0 Å². The van der Waals surface area contributed by atoms with E-state index in [1.165, 1.54) is 0 Å². The molecule has 0 aromatic rings. The van der Waals surface area contributed by atoms with Gasteiger partial charge in [0.2, 0.25) is 0 Å². The molecule has 0 aliphatic rings. The second-order valence-corrected chi connectivity index (χ2v) is 5.44. The van der Waals surface area contributed by atoms with Crippen molar-refractivity contribution in [2.45, 2.75) is 12.5 Å². The van der Waals surface area contributed by atoms with Crippen LogP contribution < -0.4 is 0 Å². The first-order chi connectivity index (χ1) is 7.37. The van der Waals surface area contributed by atoms with Gasteiger partial charge in [-0.2, -0.15) is 16.8 Å². The number of hydrogen-bond donors (Lipinski definition) is 4. The number of carboxylic acid groups (broad SMARTS) is 2. The molecule has 0 amide bonds. The Kier molecular flexibility index (Phi) is 4.55. The monoisotopic (exact) mass is 293 g/mol. The van der Waals surface area contributed by atoms with Crippen LogP contribution in [0.4, 0.5) is 0 Å². The number of aliphatic carboxylic acids is 2. The lowest BCUT2D eigenvalue weighted by atomic mass is 10.2. The summed E-state index contributed by atoms with van der Waals surface area (Å²) in [6.45, 7) is 0. The number of rotatable bonds is 6. The molecular weight excluding hydrogens is 286 g/mol. The molecule has 13 heteroatoms. The Bertz CT molecular complexity index is 485. The van der Waals surface area contributed by atoms with Gasteiger partial charge in [0.1, 0.15) is 0 Å². The molecule has 1 atom stereocenters. The molecule has 0 heterocycles. The van der Waals surface area contributed by atoms with E-state index < -0.39 is 48.7 Å². The zero-order chi connectivity index (χ0) is 14.0. The van der Waals surface area contributed by atoms with Crippen molar-refractivity contribution in [2.75, 3.05) is 0 Å². The van der Waals surface area contributed by atoms with Crippen molar-refractivity contribution in [1.82, 2.24) is 3.71 Å². The predicted octanol–water partition coefficient (Wildman–Crippen LogP) is -2.18. The number of carbonyl (C=O) groups is 2. The van der Waals surface area contributed by atoms with Gasteiger partial charge in [0.25, 0.3) is 0 Å². The minimum Gasteiger partial charge on any atom is -0.481 e. The minimum absolute atomic E-state index is 1.21. The molecule has 4 N–H and O–H groups in total. The van der Waals surface area contributed by atoms with E-state index in [9.17, 15) is 26.4 Å². The van der Waals surface area contributed by atoms with E-state index >= 15 is 0 Å². The molecule has 0 bridgehead atoms. The van der Waals surface area contributed by atoms with Crippen molar-refractivity contribution < 1.29 is 45.7 Å². The van der Waals surface area contributed by atoms with Crippen LogP contribution in [0.2, 0.25) is 0 Å². The second-order valence-electron chi connectivity index (χ2n) is 2.63. The van der Waals surface area contributed by atoms with Gasteiger partial charge in [0.05, 0.1) is 6.42 Å². The second kappa shape index (κ2) is 4.92. The highest BCUT2D eigenvalue weighted by atomic mass is 32.3. The van der Waals surface area contributed by atoms with Gasteiger partial charge in [0.15, 0.2) is 6.04 Å². The summed E-state index contributed by atoms with van der Waals surface area (Å²) in [5.41, 5.74) is 0. The Morgan fingerprint density at radius 1 is 1.00 bits per heavy atom. The van der Waals surface area contributed by atoms with Crippen LogP contribution in [0.25, 0.3) is 0 Å². The third-order valence-corrected chi connectivity index (χ3v) is 3.91. The minimum atomic E-state index is -5.66. The summed E-state index contributed by atoms with van der Waals surface area (Å²) in [6, 6.07) is -2.70. The SMILES string of the molecule is O=C(O)C[C@@H](C(=O)O)N(S(=O)(=O)O)S(=O)(=O)O. The molecule has 0 aromatic heterocycles. The standard InChI is InChI=1S/C4H7NO10S2/c6-3(7)1-2(4(8)9)5(16(10,11)12)17(13,14)15/h2H,1H2,(H,6,7)(H,8,9)(H,10,11,12)(H,13,14,15)/t2-/m0/s1. The zero-order valence-corrected chi connectivity index (χ0v) is 9.42. The third-order valence-electron chi connectivity index (χ3n) is 1.36. The van der Waals surface area contributed by atoms with Crippen molar-refractivity contribution in [1.29, 1.82) is 0 Å². The summed E-state index contributed by atoms with van der Waals surface area (Å²) in [4.78, 5) is 20.7. The summed E-state index contributed by atoms with van der Waals surface area (Å²) in [6.07, 6.45) is -1.48. The van der Waals surface area contributed by atoms with Crippen LogP contribution in [0.5, 0.6) is 0 Å². The Labute approximate surface area is 95.0 Å². The van der Waals surface area contributed by atoms with Crippen LogP contribution in [0.15, 0.2) is 0 Å².